The first kappa shape index (κ1) is 20.0. The number of rotatable bonds is 5. The predicted octanol–water partition coefficient (Wildman–Crippen LogP) is 2.00. The van der Waals surface area contributed by atoms with Crippen LogP contribution in [0.4, 0.5) is 0 Å². The number of aryl methyl sites for hydroxylation is 1. The van der Waals surface area contributed by atoms with Crippen LogP contribution in [0.3, 0.4) is 0 Å². The van der Waals surface area contributed by atoms with Crippen molar-refractivity contribution in [2.24, 2.45) is 0 Å². The molecular formula is C21H25N7O2. The number of carbonyl (C=O) groups is 1. The lowest BCUT2D eigenvalue weighted by molar-refractivity contribution is 0.0663. The molecule has 30 heavy (non-hydrogen) atoms. The molecule has 0 radical (unpaired) electrons. The summed E-state index contributed by atoms with van der Waals surface area (Å²) in [6.45, 7) is 4.61. The lowest BCUT2D eigenvalue weighted by atomic mass is 10.1. The average Bonchev–Trinajstić information content (AvgIpc) is 3.10. The number of hydrogen-bond acceptors (Lipinski definition) is 7. The number of aromatic nitrogens is 5. The standard InChI is InChI=1S/C21H25N7O2/c1-15-23-20(26-25-15)18-14-27(13-17-5-3-6-19(24-17)30-2)11-4-12-28(18)21(29)16-7-9-22-10-8-16/h3,5-10,18H,4,11-14H2,1-2H3,(H,23,25,26). The molecule has 9 heteroatoms. The van der Waals surface area contributed by atoms with E-state index in [1.807, 2.05) is 30.0 Å². The van der Waals surface area contributed by atoms with E-state index in [-0.39, 0.29) is 11.9 Å². The number of H-pyrrole nitrogens is 1. The Kier molecular flexibility index (Phi) is 5.99. The number of aromatic amines is 1. The molecule has 0 aliphatic carbocycles. The maximum absolute atomic E-state index is 13.3. The minimum Gasteiger partial charge on any atom is -0.481 e. The zero-order valence-corrected chi connectivity index (χ0v) is 17.2. The molecule has 1 unspecified atom stereocenters. The number of carbonyl (C=O) groups excluding carboxylic acids is 1. The van der Waals surface area contributed by atoms with Crippen molar-refractivity contribution in [3.05, 3.63) is 65.6 Å². The third kappa shape index (κ3) is 4.46. The van der Waals surface area contributed by atoms with E-state index in [2.05, 4.69) is 30.0 Å². The first-order valence-corrected chi connectivity index (χ1v) is 9.96. The van der Waals surface area contributed by atoms with Gasteiger partial charge in [-0.05, 0) is 31.5 Å². The van der Waals surface area contributed by atoms with Gasteiger partial charge in [0.1, 0.15) is 11.9 Å². The van der Waals surface area contributed by atoms with Crippen molar-refractivity contribution >= 4 is 5.91 Å². The maximum Gasteiger partial charge on any atom is 0.254 e. The molecule has 0 saturated carbocycles. The van der Waals surface area contributed by atoms with Gasteiger partial charge in [0.25, 0.3) is 5.91 Å². The molecule has 0 bridgehead atoms. The van der Waals surface area contributed by atoms with Gasteiger partial charge in [0.2, 0.25) is 5.88 Å². The van der Waals surface area contributed by atoms with Crippen LogP contribution in [0.1, 0.15) is 40.2 Å². The third-order valence-corrected chi connectivity index (χ3v) is 5.16. The van der Waals surface area contributed by atoms with E-state index in [0.29, 0.717) is 36.9 Å². The summed E-state index contributed by atoms with van der Waals surface area (Å²) in [5, 5.41) is 7.28. The summed E-state index contributed by atoms with van der Waals surface area (Å²) in [5.41, 5.74) is 1.54. The number of hydrogen-bond donors (Lipinski definition) is 1. The molecule has 3 aromatic heterocycles. The van der Waals surface area contributed by atoms with Crippen LogP contribution >= 0.6 is 0 Å². The summed E-state index contributed by atoms with van der Waals surface area (Å²) in [4.78, 5) is 30.5. The van der Waals surface area contributed by atoms with E-state index >= 15 is 0 Å². The second kappa shape index (κ2) is 9.00. The lowest BCUT2D eigenvalue weighted by Gasteiger charge is -2.30. The SMILES string of the molecule is COc1cccc(CN2CCCN(C(=O)c3ccncc3)C(c3n[nH]c(C)n3)C2)n1. The lowest BCUT2D eigenvalue weighted by Crippen LogP contribution is -2.39. The Morgan fingerprint density at radius 3 is 2.77 bits per heavy atom. The van der Waals surface area contributed by atoms with Gasteiger partial charge in [-0.1, -0.05) is 6.07 Å². The minimum atomic E-state index is -0.260. The third-order valence-electron chi connectivity index (χ3n) is 5.16. The van der Waals surface area contributed by atoms with Crippen LogP contribution < -0.4 is 4.74 Å². The van der Waals surface area contributed by atoms with E-state index < -0.39 is 0 Å². The van der Waals surface area contributed by atoms with Crippen molar-refractivity contribution in [1.29, 1.82) is 0 Å². The van der Waals surface area contributed by atoms with Gasteiger partial charge in [0.15, 0.2) is 5.82 Å². The molecule has 1 N–H and O–H groups in total. The molecule has 4 heterocycles. The zero-order chi connectivity index (χ0) is 20.9. The molecular weight excluding hydrogens is 382 g/mol. The Morgan fingerprint density at radius 2 is 2.03 bits per heavy atom. The summed E-state index contributed by atoms with van der Waals surface area (Å²) in [6.07, 6.45) is 4.12. The topological polar surface area (TPSA) is 100 Å². The highest BCUT2D eigenvalue weighted by Gasteiger charge is 2.33. The largest absolute Gasteiger partial charge is 0.481 e. The Labute approximate surface area is 175 Å². The van der Waals surface area contributed by atoms with Crippen LogP contribution in [0.25, 0.3) is 0 Å². The van der Waals surface area contributed by atoms with Crippen LogP contribution in [-0.2, 0) is 6.54 Å². The second-order valence-corrected chi connectivity index (χ2v) is 7.29. The Morgan fingerprint density at radius 1 is 1.20 bits per heavy atom. The number of ether oxygens (including phenoxy) is 1. The van der Waals surface area contributed by atoms with E-state index in [1.165, 1.54) is 0 Å². The van der Waals surface area contributed by atoms with Crippen LogP contribution in [0.5, 0.6) is 5.88 Å². The Hall–Kier alpha value is -3.33. The van der Waals surface area contributed by atoms with Crippen molar-refractivity contribution < 1.29 is 9.53 Å². The highest BCUT2D eigenvalue weighted by molar-refractivity contribution is 5.94. The zero-order valence-electron chi connectivity index (χ0n) is 17.2. The summed E-state index contributed by atoms with van der Waals surface area (Å²) in [7, 11) is 1.61. The normalized spacial score (nSPS) is 17.5. The molecule has 3 aromatic rings. The van der Waals surface area contributed by atoms with E-state index in [4.69, 9.17) is 4.74 Å². The first-order chi connectivity index (χ1) is 14.6. The number of amides is 1. The quantitative estimate of drug-likeness (QED) is 0.690. The highest BCUT2D eigenvalue weighted by Crippen LogP contribution is 2.25. The molecule has 4 rings (SSSR count). The van der Waals surface area contributed by atoms with Crippen LogP contribution in [0, 0.1) is 6.92 Å². The van der Waals surface area contributed by atoms with Crippen LogP contribution in [0.15, 0.2) is 42.7 Å². The maximum atomic E-state index is 13.3. The predicted molar refractivity (Wildman–Crippen MR) is 110 cm³/mol. The molecule has 1 atom stereocenters. The summed E-state index contributed by atoms with van der Waals surface area (Å²) in [6, 6.07) is 8.98. The van der Waals surface area contributed by atoms with Crippen molar-refractivity contribution in [2.75, 3.05) is 26.7 Å². The molecule has 0 aromatic carbocycles. The van der Waals surface area contributed by atoms with Gasteiger partial charge < -0.3 is 9.64 Å². The van der Waals surface area contributed by atoms with Crippen LogP contribution in [0.2, 0.25) is 0 Å². The van der Waals surface area contributed by atoms with Gasteiger partial charge in [-0.15, -0.1) is 0 Å². The summed E-state index contributed by atoms with van der Waals surface area (Å²) >= 11 is 0. The van der Waals surface area contributed by atoms with E-state index in [9.17, 15) is 4.79 Å². The fourth-order valence-corrected chi connectivity index (χ4v) is 3.72. The smallest absolute Gasteiger partial charge is 0.254 e. The average molecular weight is 407 g/mol. The molecule has 1 aliphatic heterocycles. The van der Waals surface area contributed by atoms with Crippen molar-refractivity contribution in [3.63, 3.8) is 0 Å². The molecule has 9 nitrogen and oxygen atoms in total. The summed E-state index contributed by atoms with van der Waals surface area (Å²) in [5.74, 6) is 1.91. The molecule has 156 valence electrons. The minimum absolute atomic E-state index is 0.0359. The van der Waals surface area contributed by atoms with Gasteiger partial charge in [-0.2, -0.15) is 5.10 Å². The van der Waals surface area contributed by atoms with Gasteiger partial charge in [-0.25, -0.2) is 9.97 Å². The molecule has 1 fully saturated rings. The Bertz CT molecular complexity index is 992. The summed E-state index contributed by atoms with van der Waals surface area (Å²) < 4.78 is 5.25. The highest BCUT2D eigenvalue weighted by atomic mass is 16.5. The van der Waals surface area contributed by atoms with Gasteiger partial charge in [0, 0.05) is 50.2 Å². The number of pyridine rings is 2. The van der Waals surface area contributed by atoms with E-state index in [1.54, 1.807) is 31.6 Å². The molecule has 1 saturated heterocycles. The first-order valence-electron chi connectivity index (χ1n) is 9.96. The van der Waals surface area contributed by atoms with Crippen molar-refractivity contribution in [3.8, 4) is 5.88 Å². The van der Waals surface area contributed by atoms with Crippen LogP contribution in [-0.4, -0.2) is 67.6 Å². The van der Waals surface area contributed by atoms with Gasteiger partial charge in [-0.3, -0.25) is 19.8 Å². The van der Waals surface area contributed by atoms with Crippen molar-refractivity contribution in [1.82, 2.24) is 34.9 Å². The van der Waals surface area contributed by atoms with Gasteiger partial charge in [0.05, 0.1) is 12.8 Å². The number of nitrogens with one attached hydrogen (secondary N) is 1. The molecule has 1 aliphatic rings. The fraction of sp³-hybridized carbons (Fsp3) is 0.381. The number of nitrogens with zero attached hydrogens (tertiary/aromatic N) is 6. The molecule has 0 spiro atoms. The Balaban J connectivity index is 1.60. The van der Waals surface area contributed by atoms with Gasteiger partial charge >= 0.3 is 0 Å². The fourth-order valence-electron chi connectivity index (χ4n) is 3.72. The van der Waals surface area contributed by atoms with Crippen molar-refractivity contribution in [2.45, 2.75) is 25.9 Å². The molecule has 1 amide bonds. The van der Waals surface area contributed by atoms with E-state index in [0.717, 1.165) is 24.5 Å². The monoisotopic (exact) mass is 407 g/mol. The number of methoxy groups -OCH3 is 1. The second-order valence-electron chi connectivity index (χ2n) is 7.29.